The van der Waals surface area contributed by atoms with E-state index < -0.39 is 5.97 Å². The summed E-state index contributed by atoms with van der Waals surface area (Å²) in [6.07, 6.45) is 1.49. The van der Waals surface area contributed by atoms with Crippen molar-refractivity contribution in [2.45, 2.75) is 20.4 Å². The van der Waals surface area contributed by atoms with Crippen molar-refractivity contribution >= 4 is 28.6 Å². The van der Waals surface area contributed by atoms with Crippen LogP contribution in [0.2, 0.25) is 5.02 Å². The highest BCUT2D eigenvalue weighted by atomic mass is 35.5. The summed E-state index contributed by atoms with van der Waals surface area (Å²) in [6, 6.07) is 10.5. The van der Waals surface area contributed by atoms with E-state index in [1.54, 1.807) is 41.0 Å². The summed E-state index contributed by atoms with van der Waals surface area (Å²) in [4.78, 5) is 29.4. The predicted molar refractivity (Wildman–Crippen MR) is 104 cm³/mol. The third kappa shape index (κ3) is 4.11. The summed E-state index contributed by atoms with van der Waals surface area (Å²) in [7, 11) is 0. The van der Waals surface area contributed by atoms with Gasteiger partial charge in [0.15, 0.2) is 0 Å². The van der Waals surface area contributed by atoms with Crippen molar-refractivity contribution in [3.63, 3.8) is 0 Å². The van der Waals surface area contributed by atoms with E-state index >= 15 is 0 Å². The fourth-order valence-electron chi connectivity index (χ4n) is 2.67. The van der Waals surface area contributed by atoms with Gasteiger partial charge in [0.25, 0.3) is 0 Å². The fourth-order valence-corrected chi connectivity index (χ4v) is 2.86. The van der Waals surface area contributed by atoms with Crippen LogP contribution in [-0.2, 0) is 11.3 Å². The van der Waals surface area contributed by atoms with E-state index in [1.807, 2.05) is 13.8 Å². The molecule has 7 heteroatoms. The fraction of sp³-hybridized carbons (Fsp3) is 0.250. The second-order valence-electron chi connectivity index (χ2n) is 5.90. The average molecular weight is 387 g/mol. The van der Waals surface area contributed by atoms with Crippen LogP contribution in [0.15, 0.2) is 47.4 Å². The molecule has 0 amide bonds. The predicted octanol–water partition coefficient (Wildman–Crippen LogP) is 3.61. The smallest absolute Gasteiger partial charge is 0.343 e. The van der Waals surface area contributed by atoms with E-state index in [4.69, 9.17) is 21.1 Å². The minimum atomic E-state index is -0.688. The molecule has 0 bridgehead atoms. The minimum Gasteiger partial charge on any atom is -0.488 e. The van der Waals surface area contributed by atoms with Gasteiger partial charge in [0.2, 0.25) is 5.43 Å². The van der Waals surface area contributed by atoms with Gasteiger partial charge in [-0.2, -0.15) is 0 Å². The van der Waals surface area contributed by atoms with Crippen LogP contribution in [-0.4, -0.2) is 28.7 Å². The number of fused-ring (bicyclic) bond motifs is 1. The Bertz CT molecular complexity index is 1050. The molecule has 0 aliphatic rings. The van der Waals surface area contributed by atoms with Gasteiger partial charge in [-0.25, -0.2) is 9.78 Å². The molecule has 0 spiro atoms. The van der Waals surface area contributed by atoms with Crippen molar-refractivity contribution in [1.29, 1.82) is 0 Å². The molecule has 0 aliphatic heterocycles. The standard InChI is InChI=1S/C20H19ClN2O4/c1-3-23-12-15(18(24)14-9-8-13(2)22-19(14)23)20(25)27-11-10-26-17-7-5-4-6-16(17)21/h4-9,12H,3,10-11H2,1-2H3. The lowest BCUT2D eigenvalue weighted by atomic mass is 10.2. The maximum Gasteiger partial charge on any atom is 0.343 e. The molecule has 2 aromatic heterocycles. The number of hydrogen-bond acceptors (Lipinski definition) is 5. The molecule has 0 radical (unpaired) electrons. The first-order chi connectivity index (χ1) is 13.0. The molecule has 0 unspecified atom stereocenters. The van der Waals surface area contributed by atoms with Crippen LogP contribution in [0.1, 0.15) is 23.0 Å². The Kier molecular flexibility index (Phi) is 5.76. The highest BCUT2D eigenvalue weighted by Gasteiger charge is 2.17. The van der Waals surface area contributed by atoms with E-state index in [2.05, 4.69) is 4.98 Å². The van der Waals surface area contributed by atoms with E-state index in [1.165, 1.54) is 6.20 Å². The summed E-state index contributed by atoms with van der Waals surface area (Å²) < 4.78 is 12.4. The minimum absolute atomic E-state index is 0.000192. The second-order valence-corrected chi connectivity index (χ2v) is 6.30. The van der Waals surface area contributed by atoms with Gasteiger partial charge in [-0.3, -0.25) is 4.79 Å². The van der Waals surface area contributed by atoms with E-state index in [0.29, 0.717) is 28.4 Å². The van der Waals surface area contributed by atoms with Crippen LogP contribution in [0, 0.1) is 6.92 Å². The Morgan fingerprint density at radius 2 is 1.96 bits per heavy atom. The Morgan fingerprint density at radius 1 is 1.19 bits per heavy atom. The SMILES string of the molecule is CCn1cc(C(=O)OCCOc2ccccc2Cl)c(=O)c2ccc(C)nc21. The van der Waals surface area contributed by atoms with Crippen LogP contribution >= 0.6 is 11.6 Å². The first-order valence-corrected chi connectivity index (χ1v) is 8.94. The normalized spacial score (nSPS) is 10.8. The van der Waals surface area contributed by atoms with Gasteiger partial charge in [-0.05, 0) is 38.1 Å². The molecule has 2 heterocycles. The zero-order chi connectivity index (χ0) is 19.4. The molecule has 1 aromatic carbocycles. The number of pyridine rings is 2. The number of esters is 1. The molecule has 0 atom stereocenters. The third-order valence-corrected chi connectivity index (χ3v) is 4.34. The van der Waals surface area contributed by atoms with Crippen molar-refractivity contribution in [1.82, 2.24) is 9.55 Å². The molecular formula is C20H19ClN2O4. The Labute approximate surface area is 161 Å². The van der Waals surface area contributed by atoms with Crippen molar-refractivity contribution in [3.8, 4) is 5.75 Å². The molecular weight excluding hydrogens is 368 g/mol. The number of ether oxygens (including phenoxy) is 2. The number of nitrogens with zero attached hydrogens (tertiary/aromatic N) is 2. The monoisotopic (exact) mass is 386 g/mol. The van der Waals surface area contributed by atoms with E-state index in [0.717, 1.165) is 5.69 Å². The largest absolute Gasteiger partial charge is 0.488 e. The Balaban J connectivity index is 1.74. The number of rotatable bonds is 6. The number of benzene rings is 1. The number of aryl methyl sites for hydroxylation is 2. The number of hydrogen-bond donors (Lipinski definition) is 0. The van der Waals surface area contributed by atoms with Gasteiger partial charge in [0, 0.05) is 18.4 Å². The first-order valence-electron chi connectivity index (χ1n) is 8.56. The van der Waals surface area contributed by atoms with Gasteiger partial charge < -0.3 is 14.0 Å². The third-order valence-electron chi connectivity index (χ3n) is 4.03. The molecule has 0 saturated carbocycles. The van der Waals surface area contributed by atoms with Crippen molar-refractivity contribution in [2.75, 3.05) is 13.2 Å². The van der Waals surface area contributed by atoms with Gasteiger partial charge in [-0.15, -0.1) is 0 Å². The topological polar surface area (TPSA) is 70.4 Å². The van der Waals surface area contributed by atoms with Gasteiger partial charge in [0.1, 0.15) is 30.2 Å². The van der Waals surface area contributed by atoms with Crippen LogP contribution in [0.3, 0.4) is 0 Å². The van der Waals surface area contributed by atoms with Crippen molar-refractivity contribution in [3.05, 3.63) is 69.1 Å². The molecule has 0 saturated heterocycles. The molecule has 0 fully saturated rings. The van der Waals surface area contributed by atoms with Crippen molar-refractivity contribution < 1.29 is 14.3 Å². The molecule has 0 aliphatic carbocycles. The quantitative estimate of drug-likeness (QED) is 0.478. The van der Waals surface area contributed by atoms with Crippen LogP contribution in [0.4, 0.5) is 0 Å². The number of para-hydroxylation sites is 1. The molecule has 3 rings (SSSR count). The van der Waals surface area contributed by atoms with Crippen LogP contribution in [0.25, 0.3) is 11.0 Å². The molecule has 3 aromatic rings. The summed E-state index contributed by atoms with van der Waals surface area (Å²) >= 11 is 6.00. The summed E-state index contributed by atoms with van der Waals surface area (Å²) in [5.41, 5.74) is 0.948. The molecule has 6 nitrogen and oxygen atoms in total. The Hall–Kier alpha value is -2.86. The van der Waals surface area contributed by atoms with Crippen LogP contribution in [0.5, 0.6) is 5.75 Å². The summed E-state index contributed by atoms with van der Waals surface area (Å²) in [5.74, 6) is -0.178. The van der Waals surface area contributed by atoms with Gasteiger partial charge >= 0.3 is 5.97 Å². The number of carbonyl (C=O) groups excluding carboxylic acids is 1. The second kappa shape index (κ2) is 8.22. The zero-order valence-electron chi connectivity index (χ0n) is 15.1. The Morgan fingerprint density at radius 3 is 2.70 bits per heavy atom. The van der Waals surface area contributed by atoms with E-state index in [-0.39, 0.29) is 24.2 Å². The number of carbonyl (C=O) groups is 1. The lowest BCUT2D eigenvalue weighted by molar-refractivity contribution is 0.0448. The van der Waals surface area contributed by atoms with E-state index in [9.17, 15) is 9.59 Å². The zero-order valence-corrected chi connectivity index (χ0v) is 15.8. The van der Waals surface area contributed by atoms with Crippen molar-refractivity contribution in [2.24, 2.45) is 0 Å². The highest BCUT2D eigenvalue weighted by molar-refractivity contribution is 6.32. The van der Waals surface area contributed by atoms with Gasteiger partial charge in [-0.1, -0.05) is 23.7 Å². The highest BCUT2D eigenvalue weighted by Crippen LogP contribution is 2.22. The maximum absolute atomic E-state index is 12.6. The lowest BCUT2D eigenvalue weighted by Gasteiger charge is -2.12. The molecule has 140 valence electrons. The molecule has 27 heavy (non-hydrogen) atoms. The lowest BCUT2D eigenvalue weighted by Crippen LogP contribution is -2.22. The van der Waals surface area contributed by atoms with Crippen LogP contribution < -0.4 is 10.2 Å². The maximum atomic E-state index is 12.6. The van der Waals surface area contributed by atoms with Gasteiger partial charge in [0.05, 0.1) is 10.4 Å². The summed E-state index contributed by atoms with van der Waals surface area (Å²) in [6.45, 7) is 4.47. The number of halogens is 1. The average Bonchev–Trinajstić information content (AvgIpc) is 2.66. The summed E-state index contributed by atoms with van der Waals surface area (Å²) in [5, 5.41) is 0.871. The first kappa shape index (κ1) is 18.9. The molecule has 0 N–H and O–H groups in total. The number of aromatic nitrogens is 2.